The number of β-amino-alcohol motifs (C(OH)–C–C–N with tert-alkyl or cyclic N) is 1. The van der Waals surface area contributed by atoms with Crippen molar-refractivity contribution in [3.8, 4) is 0 Å². The van der Waals surface area contributed by atoms with Crippen LogP contribution in [0, 0.1) is 6.92 Å². The quantitative estimate of drug-likeness (QED) is 0.931. The summed E-state index contributed by atoms with van der Waals surface area (Å²) in [6.45, 7) is 4.94. The summed E-state index contributed by atoms with van der Waals surface area (Å²) in [4.78, 5) is 6.37. The predicted molar refractivity (Wildman–Crippen MR) is 77.1 cm³/mol. The van der Waals surface area contributed by atoms with Crippen LogP contribution < -0.4 is 0 Å². The summed E-state index contributed by atoms with van der Waals surface area (Å²) < 4.78 is 6.01. The van der Waals surface area contributed by atoms with Crippen LogP contribution in [0.2, 0.25) is 0 Å². The Kier molecular flexibility index (Phi) is 3.40. The largest absolute Gasteiger partial charge is 0.382 e. The molecule has 3 rings (SSSR count). The number of aliphatic hydroxyl groups is 1. The van der Waals surface area contributed by atoms with Crippen LogP contribution in [0.5, 0.6) is 0 Å². The zero-order valence-corrected chi connectivity index (χ0v) is 13.0. The van der Waals surface area contributed by atoms with E-state index in [4.69, 9.17) is 4.52 Å². The molecular weight excluding hydrogens is 322 g/mol. The van der Waals surface area contributed by atoms with E-state index in [1.165, 1.54) is 0 Å². The average molecular weight is 338 g/mol. The normalized spacial score (nSPS) is 19.6. The molecule has 0 saturated carbocycles. The highest BCUT2D eigenvalue weighted by molar-refractivity contribution is 9.10. The third-order valence-electron chi connectivity index (χ3n) is 3.78. The molecule has 6 heteroatoms. The van der Waals surface area contributed by atoms with Crippen molar-refractivity contribution in [1.29, 1.82) is 0 Å². The van der Waals surface area contributed by atoms with Crippen LogP contribution in [0.15, 0.2) is 33.3 Å². The standard InChI is InChI=1S/C14H16BrN3O2/c1-9(13-16-10(2)20-17-13)18-7-14(19,8-18)11-3-5-12(15)6-4-11/h3-6,9,19H,7-8H2,1-2H3. The minimum absolute atomic E-state index is 0.0446. The van der Waals surface area contributed by atoms with Crippen LogP contribution in [-0.4, -0.2) is 33.2 Å². The highest BCUT2D eigenvalue weighted by Crippen LogP contribution is 2.37. The first-order valence-electron chi connectivity index (χ1n) is 6.51. The number of hydrogen-bond acceptors (Lipinski definition) is 5. The predicted octanol–water partition coefficient (Wildman–Crippen LogP) is 2.40. The van der Waals surface area contributed by atoms with Crippen LogP contribution >= 0.6 is 15.9 Å². The van der Waals surface area contributed by atoms with Crippen molar-refractivity contribution in [3.63, 3.8) is 0 Å². The Bertz CT molecular complexity index is 605. The van der Waals surface area contributed by atoms with Gasteiger partial charge in [-0.25, -0.2) is 0 Å². The van der Waals surface area contributed by atoms with E-state index in [9.17, 15) is 5.11 Å². The molecule has 2 aromatic rings. The molecule has 1 aromatic heterocycles. The molecule has 1 N–H and O–H groups in total. The first kappa shape index (κ1) is 13.7. The maximum Gasteiger partial charge on any atom is 0.223 e. The molecule has 1 saturated heterocycles. The minimum Gasteiger partial charge on any atom is -0.382 e. The van der Waals surface area contributed by atoms with E-state index >= 15 is 0 Å². The van der Waals surface area contributed by atoms with Crippen molar-refractivity contribution in [2.75, 3.05) is 13.1 Å². The molecule has 0 spiro atoms. The Labute approximate surface area is 125 Å². The van der Waals surface area contributed by atoms with Gasteiger partial charge >= 0.3 is 0 Å². The van der Waals surface area contributed by atoms with Crippen molar-refractivity contribution in [1.82, 2.24) is 15.0 Å². The minimum atomic E-state index is -0.784. The number of benzene rings is 1. The van der Waals surface area contributed by atoms with Crippen molar-refractivity contribution in [3.05, 3.63) is 46.0 Å². The molecule has 2 heterocycles. The average Bonchev–Trinajstić information content (AvgIpc) is 2.82. The lowest BCUT2D eigenvalue weighted by Gasteiger charge is -2.48. The molecule has 1 aliphatic heterocycles. The summed E-state index contributed by atoms with van der Waals surface area (Å²) in [6.07, 6.45) is 0. The lowest BCUT2D eigenvalue weighted by Crippen LogP contribution is -2.59. The number of aryl methyl sites for hydroxylation is 1. The summed E-state index contributed by atoms with van der Waals surface area (Å²) in [5.41, 5.74) is 0.154. The van der Waals surface area contributed by atoms with E-state index in [0.29, 0.717) is 24.8 Å². The molecule has 106 valence electrons. The van der Waals surface area contributed by atoms with Crippen LogP contribution in [0.3, 0.4) is 0 Å². The second kappa shape index (κ2) is 4.95. The van der Waals surface area contributed by atoms with Gasteiger partial charge in [0.25, 0.3) is 0 Å². The van der Waals surface area contributed by atoms with E-state index in [0.717, 1.165) is 10.0 Å². The Morgan fingerprint density at radius 3 is 2.55 bits per heavy atom. The van der Waals surface area contributed by atoms with E-state index in [-0.39, 0.29) is 6.04 Å². The molecule has 5 nitrogen and oxygen atoms in total. The van der Waals surface area contributed by atoms with Gasteiger partial charge < -0.3 is 9.63 Å². The number of nitrogens with zero attached hydrogens (tertiary/aromatic N) is 3. The molecule has 20 heavy (non-hydrogen) atoms. The van der Waals surface area contributed by atoms with Crippen molar-refractivity contribution in [2.24, 2.45) is 0 Å². The zero-order chi connectivity index (χ0) is 14.3. The van der Waals surface area contributed by atoms with Gasteiger partial charge in [-0.3, -0.25) is 4.90 Å². The Balaban J connectivity index is 1.69. The third-order valence-corrected chi connectivity index (χ3v) is 4.30. The second-order valence-corrected chi connectivity index (χ2v) is 6.21. The molecule has 0 bridgehead atoms. The molecule has 1 aromatic carbocycles. The van der Waals surface area contributed by atoms with E-state index in [1.807, 2.05) is 31.2 Å². The summed E-state index contributed by atoms with van der Waals surface area (Å²) in [5.74, 6) is 1.23. The van der Waals surface area contributed by atoms with Crippen LogP contribution in [0.25, 0.3) is 0 Å². The van der Waals surface area contributed by atoms with Crippen LogP contribution in [0.1, 0.15) is 30.2 Å². The highest BCUT2D eigenvalue weighted by atomic mass is 79.9. The van der Waals surface area contributed by atoms with Gasteiger partial charge in [0.2, 0.25) is 5.89 Å². The van der Waals surface area contributed by atoms with Crippen molar-refractivity contribution < 1.29 is 9.63 Å². The van der Waals surface area contributed by atoms with E-state index < -0.39 is 5.60 Å². The summed E-state index contributed by atoms with van der Waals surface area (Å²) >= 11 is 3.40. The highest BCUT2D eigenvalue weighted by Gasteiger charge is 2.45. The molecule has 0 radical (unpaired) electrons. The molecule has 1 fully saturated rings. The molecular formula is C14H16BrN3O2. The van der Waals surface area contributed by atoms with Gasteiger partial charge in [-0.1, -0.05) is 33.2 Å². The number of rotatable bonds is 3. The van der Waals surface area contributed by atoms with Gasteiger partial charge in [0.1, 0.15) is 5.60 Å². The number of aromatic nitrogens is 2. The monoisotopic (exact) mass is 337 g/mol. The number of likely N-dealkylation sites (tertiary alicyclic amines) is 1. The molecule has 1 atom stereocenters. The molecule has 0 aliphatic carbocycles. The Morgan fingerprint density at radius 1 is 1.35 bits per heavy atom. The van der Waals surface area contributed by atoms with Gasteiger partial charge in [-0.2, -0.15) is 4.98 Å². The van der Waals surface area contributed by atoms with Crippen LogP contribution in [0.4, 0.5) is 0 Å². The fourth-order valence-electron chi connectivity index (χ4n) is 2.49. The Hall–Kier alpha value is -1.24. The van der Waals surface area contributed by atoms with Crippen molar-refractivity contribution >= 4 is 15.9 Å². The van der Waals surface area contributed by atoms with Gasteiger partial charge in [0, 0.05) is 24.5 Å². The third kappa shape index (κ3) is 2.39. The number of hydrogen-bond donors (Lipinski definition) is 1. The SMILES string of the molecule is Cc1nc(C(C)N2CC(O)(c3ccc(Br)cc3)C2)no1. The Morgan fingerprint density at radius 2 is 2.00 bits per heavy atom. The lowest BCUT2D eigenvalue weighted by molar-refractivity contribution is -0.121. The lowest BCUT2D eigenvalue weighted by atomic mass is 9.85. The topological polar surface area (TPSA) is 62.4 Å². The smallest absolute Gasteiger partial charge is 0.223 e. The summed E-state index contributed by atoms with van der Waals surface area (Å²) in [7, 11) is 0. The first-order valence-corrected chi connectivity index (χ1v) is 7.30. The van der Waals surface area contributed by atoms with Gasteiger partial charge in [-0.15, -0.1) is 0 Å². The second-order valence-electron chi connectivity index (χ2n) is 5.29. The molecule has 1 aliphatic rings. The fourth-order valence-corrected chi connectivity index (χ4v) is 2.75. The summed E-state index contributed by atoms with van der Waals surface area (Å²) in [6, 6.07) is 7.84. The molecule has 1 unspecified atom stereocenters. The molecule has 0 amide bonds. The maximum atomic E-state index is 10.6. The van der Waals surface area contributed by atoms with E-state index in [2.05, 4.69) is 31.0 Å². The van der Waals surface area contributed by atoms with Gasteiger partial charge in [-0.05, 0) is 24.6 Å². The van der Waals surface area contributed by atoms with Crippen LogP contribution in [-0.2, 0) is 5.60 Å². The first-order chi connectivity index (χ1) is 9.48. The maximum absolute atomic E-state index is 10.6. The van der Waals surface area contributed by atoms with Gasteiger partial charge in [0.05, 0.1) is 6.04 Å². The van der Waals surface area contributed by atoms with Gasteiger partial charge in [0.15, 0.2) is 5.82 Å². The fraction of sp³-hybridized carbons (Fsp3) is 0.429. The number of halogens is 1. The summed E-state index contributed by atoms with van der Waals surface area (Å²) in [5, 5.41) is 14.6. The van der Waals surface area contributed by atoms with E-state index in [1.54, 1.807) is 6.92 Å². The zero-order valence-electron chi connectivity index (χ0n) is 11.4. The van der Waals surface area contributed by atoms with Crippen molar-refractivity contribution in [2.45, 2.75) is 25.5 Å².